The van der Waals surface area contributed by atoms with Crippen molar-refractivity contribution in [3.8, 4) is 0 Å². The molecule has 7 nitrogen and oxygen atoms in total. The van der Waals surface area contributed by atoms with E-state index in [1.165, 1.54) is 6.07 Å². The first-order valence-electron chi connectivity index (χ1n) is 10.3. The van der Waals surface area contributed by atoms with Crippen LogP contribution in [0.3, 0.4) is 0 Å². The van der Waals surface area contributed by atoms with E-state index < -0.39 is 33.9 Å². The van der Waals surface area contributed by atoms with Crippen molar-refractivity contribution < 1.29 is 22.3 Å². The second kappa shape index (κ2) is 11.0. The molecule has 4 rings (SSSR count). The summed E-state index contributed by atoms with van der Waals surface area (Å²) in [5.41, 5.74) is 2.83. The molecule has 0 atom stereocenters. The smallest absolute Gasteiger partial charge is 0.235 e. The number of amides is 1. The van der Waals surface area contributed by atoms with Crippen LogP contribution < -0.4 is 5.32 Å². The van der Waals surface area contributed by atoms with Gasteiger partial charge in [-0.2, -0.15) is 5.10 Å². The molecule has 14 heteroatoms. The summed E-state index contributed by atoms with van der Waals surface area (Å²) in [5, 5.41) is 7.88. The second-order valence-electron chi connectivity index (χ2n) is 7.90. The van der Waals surface area contributed by atoms with Gasteiger partial charge in [-0.15, -0.1) is 11.3 Å². The monoisotopic (exact) mass is 611 g/mol. The number of halogens is 5. The molecule has 0 bridgehead atoms. The highest BCUT2D eigenvalue weighted by Crippen LogP contribution is 2.35. The number of hydrogen-bond donors (Lipinski definition) is 1. The number of benzene rings is 1. The standard InChI is InChI=1S/C22H18Cl4FN3O4S2/c1-30-18-9-34-8-13(21(18)17(29-30)4-11-2-3-12(23)5-14(11)24)16(27)7-28-19(31)10-36(32,33)20-6-15(25)22(26)35-20/h2-3,5-6H,4,7-10H2,1H3,(H,28,31)/b16-13-. The van der Waals surface area contributed by atoms with Gasteiger partial charge in [-0.1, -0.05) is 52.5 Å². The molecular weight excluding hydrogens is 595 g/mol. The molecule has 1 N–H and O–H groups in total. The molecule has 0 saturated heterocycles. The van der Waals surface area contributed by atoms with Crippen LogP contribution in [0.2, 0.25) is 19.4 Å². The van der Waals surface area contributed by atoms with E-state index in [0.717, 1.165) is 16.9 Å². The number of ether oxygens (including phenoxy) is 1. The number of aryl methyl sites for hydroxylation is 1. The number of nitrogens with zero attached hydrogens (tertiary/aromatic N) is 2. The Hall–Kier alpha value is -1.66. The minimum atomic E-state index is -3.99. The van der Waals surface area contributed by atoms with Gasteiger partial charge >= 0.3 is 0 Å². The minimum Gasteiger partial charge on any atom is -0.370 e. The van der Waals surface area contributed by atoms with Gasteiger partial charge in [0.05, 0.1) is 36.2 Å². The highest BCUT2D eigenvalue weighted by atomic mass is 35.5. The van der Waals surface area contributed by atoms with E-state index in [2.05, 4.69) is 10.4 Å². The van der Waals surface area contributed by atoms with Crippen molar-refractivity contribution in [2.75, 3.05) is 18.9 Å². The van der Waals surface area contributed by atoms with Crippen molar-refractivity contribution in [2.45, 2.75) is 17.2 Å². The van der Waals surface area contributed by atoms with Crippen molar-refractivity contribution in [1.82, 2.24) is 15.1 Å². The number of rotatable bonds is 7. The van der Waals surface area contributed by atoms with Crippen LogP contribution in [0.5, 0.6) is 0 Å². The third-order valence-corrected chi connectivity index (χ3v) is 10.0. The summed E-state index contributed by atoms with van der Waals surface area (Å²) in [7, 11) is -2.26. The first-order valence-corrected chi connectivity index (χ1v) is 14.3. The molecule has 2 aromatic heterocycles. The van der Waals surface area contributed by atoms with E-state index in [-0.39, 0.29) is 32.4 Å². The Balaban J connectivity index is 1.53. The van der Waals surface area contributed by atoms with Crippen LogP contribution in [0.4, 0.5) is 4.39 Å². The van der Waals surface area contributed by atoms with Crippen LogP contribution in [0.25, 0.3) is 5.57 Å². The number of carbonyl (C=O) groups excluding carboxylic acids is 1. The fourth-order valence-electron chi connectivity index (χ4n) is 3.70. The lowest BCUT2D eigenvalue weighted by Crippen LogP contribution is -2.31. The van der Waals surface area contributed by atoms with Gasteiger partial charge in [-0.25, -0.2) is 12.8 Å². The zero-order valence-corrected chi connectivity index (χ0v) is 23.2. The molecule has 3 heterocycles. The summed E-state index contributed by atoms with van der Waals surface area (Å²) in [4.78, 5) is 12.3. The summed E-state index contributed by atoms with van der Waals surface area (Å²) >= 11 is 24.7. The van der Waals surface area contributed by atoms with Crippen LogP contribution in [0.15, 0.2) is 34.3 Å². The van der Waals surface area contributed by atoms with Crippen molar-refractivity contribution in [3.63, 3.8) is 0 Å². The maximum atomic E-state index is 15.3. The number of aromatic nitrogens is 2. The maximum Gasteiger partial charge on any atom is 0.235 e. The van der Waals surface area contributed by atoms with Crippen molar-refractivity contribution in [1.29, 1.82) is 0 Å². The lowest BCUT2D eigenvalue weighted by atomic mass is 9.97. The Morgan fingerprint density at radius 1 is 1.19 bits per heavy atom. The summed E-state index contributed by atoms with van der Waals surface area (Å²) in [5.74, 6) is -2.42. The molecule has 3 aromatic rings. The van der Waals surface area contributed by atoms with E-state index >= 15 is 4.39 Å². The average molecular weight is 613 g/mol. The van der Waals surface area contributed by atoms with Gasteiger partial charge < -0.3 is 10.1 Å². The Labute approximate surface area is 230 Å². The van der Waals surface area contributed by atoms with Gasteiger partial charge in [0.2, 0.25) is 5.91 Å². The molecule has 0 unspecified atom stereocenters. The third-order valence-electron chi connectivity index (χ3n) is 5.42. The van der Waals surface area contributed by atoms with Gasteiger partial charge in [0, 0.05) is 34.7 Å². The Morgan fingerprint density at radius 2 is 1.94 bits per heavy atom. The fraction of sp³-hybridized carbons (Fsp3) is 0.273. The van der Waals surface area contributed by atoms with Crippen LogP contribution in [0.1, 0.15) is 22.5 Å². The molecule has 1 aromatic carbocycles. The molecule has 0 spiro atoms. The Morgan fingerprint density at radius 3 is 2.61 bits per heavy atom. The minimum absolute atomic E-state index is 0.0355. The fourth-order valence-corrected chi connectivity index (χ4v) is 7.30. The quantitative estimate of drug-likeness (QED) is 0.381. The topological polar surface area (TPSA) is 90.3 Å². The first-order chi connectivity index (χ1) is 17.0. The third kappa shape index (κ3) is 5.91. The maximum absolute atomic E-state index is 15.3. The van der Waals surface area contributed by atoms with Crippen molar-refractivity contribution >= 4 is 79.1 Å². The Bertz CT molecular complexity index is 1460. The van der Waals surface area contributed by atoms with Crippen molar-refractivity contribution in [3.05, 3.63) is 72.0 Å². The van der Waals surface area contributed by atoms with Crippen LogP contribution >= 0.6 is 57.7 Å². The first kappa shape index (κ1) is 27.4. The van der Waals surface area contributed by atoms with Crippen LogP contribution in [-0.2, 0) is 39.4 Å². The molecule has 0 radical (unpaired) electrons. The second-order valence-corrected chi connectivity index (χ2v) is 13.0. The number of thiophene rings is 1. The summed E-state index contributed by atoms with van der Waals surface area (Å²) in [6.07, 6.45) is 0.326. The van der Waals surface area contributed by atoms with E-state index in [0.29, 0.717) is 33.4 Å². The van der Waals surface area contributed by atoms with Gasteiger partial charge in [-0.05, 0) is 23.8 Å². The average Bonchev–Trinajstić information content (AvgIpc) is 3.33. The van der Waals surface area contributed by atoms with Gasteiger partial charge in [0.25, 0.3) is 0 Å². The van der Waals surface area contributed by atoms with Crippen LogP contribution in [-0.4, -0.2) is 43.0 Å². The van der Waals surface area contributed by atoms with Crippen molar-refractivity contribution in [2.24, 2.45) is 7.05 Å². The molecule has 0 saturated carbocycles. The molecule has 36 heavy (non-hydrogen) atoms. The molecule has 1 amide bonds. The zero-order valence-electron chi connectivity index (χ0n) is 18.6. The predicted octanol–water partition coefficient (Wildman–Crippen LogP) is 5.49. The number of sulfone groups is 1. The van der Waals surface area contributed by atoms with Crippen LogP contribution in [0, 0.1) is 0 Å². The Kier molecular flexibility index (Phi) is 8.35. The number of nitrogens with one attached hydrogen (secondary N) is 1. The lowest BCUT2D eigenvalue weighted by Gasteiger charge is -2.19. The molecule has 1 aliphatic heterocycles. The lowest BCUT2D eigenvalue weighted by molar-refractivity contribution is -0.118. The van der Waals surface area contributed by atoms with E-state index in [1.54, 1.807) is 29.9 Å². The van der Waals surface area contributed by atoms with Gasteiger partial charge in [0.1, 0.15) is 20.1 Å². The largest absolute Gasteiger partial charge is 0.370 e. The molecule has 192 valence electrons. The predicted molar refractivity (Wildman–Crippen MR) is 140 cm³/mol. The molecular formula is C22H18Cl4FN3O4S2. The number of carbonyl (C=O) groups is 1. The normalized spacial score (nSPS) is 15.1. The summed E-state index contributed by atoms with van der Waals surface area (Å²) < 4.78 is 47.4. The summed E-state index contributed by atoms with van der Waals surface area (Å²) in [6.45, 7) is -0.318. The van der Waals surface area contributed by atoms with Gasteiger partial charge in [0.15, 0.2) is 9.84 Å². The SMILES string of the molecule is Cn1nc(Cc2ccc(Cl)cc2Cl)c2c1COC/C2=C(/F)CNC(=O)CS(=O)(=O)c1cc(Cl)c(Cl)s1. The molecule has 0 fully saturated rings. The molecule has 1 aliphatic rings. The summed E-state index contributed by atoms with van der Waals surface area (Å²) in [6, 6.07) is 6.28. The number of fused-ring (bicyclic) bond motifs is 1. The van der Waals surface area contributed by atoms with E-state index in [9.17, 15) is 13.2 Å². The van der Waals surface area contributed by atoms with E-state index in [4.69, 9.17) is 51.1 Å². The van der Waals surface area contributed by atoms with Gasteiger partial charge in [-0.3, -0.25) is 9.48 Å². The van der Waals surface area contributed by atoms with E-state index in [1.807, 2.05) is 0 Å². The highest BCUT2D eigenvalue weighted by molar-refractivity contribution is 7.94. The molecule has 0 aliphatic carbocycles. The zero-order chi connectivity index (χ0) is 26.2. The highest BCUT2D eigenvalue weighted by Gasteiger charge is 2.28. The number of hydrogen-bond acceptors (Lipinski definition) is 6.